The Labute approximate surface area is 92.0 Å². The summed E-state index contributed by atoms with van der Waals surface area (Å²) in [6, 6.07) is 3.73. The number of rotatable bonds is 4. The van der Waals surface area contributed by atoms with Crippen LogP contribution in [0.25, 0.3) is 0 Å². The van der Waals surface area contributed by atoms with E-state index >= 15 is 0 Å². The lowest BCUT2D eigenvalue weighted by atomic mass is 10.1. The third-order valence-corrected chi connectivity index (χ3v) is 2.13. The van der Waals surface area contributed by atoms with E-state index in [1.54, 1.807) is 0 Å². The van der Waals surface area contributed by atoms with Gasteiger partial charge in [0.05, 0.1) is 6.61 Å². The zero-order valence-corrected chi connectivity index (χ0v) is 9.98. The highest BCUT2D eigenvalue weighted by Gasteiger charge is 1.97. The molecule has 1 aromatic heterocycles. The van der Waals surface area contributed by atoms with Gasteiger partial charge >= 0.3 is 0 Å². The van der Waals surface area contributed by atoms with Crippen molar-refractivity contribution in [2.45, 2.75) is 20.3 Å². The highest BCUT2D eigenvalue weighted by atomic mass is 127. The number of ether oxygens (including phenoxy) is 1. The molecule has 0 saturated heterocycles. The van der Waals surface area contributed by atoms with Crippen molar-refractivity contribution in [2.75, 3.05) is 6.61 Å². The summed E-state index contributed by atoms with van der Waals surface area (Å²) in [4.78, 5) is 0. The van der Waals surface area contributed by atoms with E-state index in [9.17, 15) is 0 Å². The van der Waals surface area contributed by atoms with Gasteiger partial charge in [0.25, 0.3) is 0 Å². The Hall–Kier alpha value is -0.390. The Morgan fingerprint density at radius 3 is 2.69 bits per heavy atom. The minimum Gasteiger partial charge on any atom is -0.477 e. The second-order valence-corrected chi connectivity index (χ2v) is 4.33. The summed E-state index contributed by atoms with van der Waals surface area (Å²) in [5.41, 5.74) is 0. The molecular formula is C9H13IN2O. The molecule has 0 unspecified atom stereocenters. The fourth-order valence-corrected chi connectivity index (χ4v) is 1.07. The quantitative estimate of drug-likeness (QED) is 0.800. The molecule has 0 spiro atoms. The maximum absolute atomic E-state index is 5.39. The Morgan fingerprint density at radius 1 is 1.38 bits per heavy atom. The summed E-state index contributed by atoms with van der Waals surface area (Å²) >= 11 is 2.12. The molecule has 0 amide bonds. The minimum absolute atomic E-state index is 0.612. The molecule has 1 aromatic rings. The summed E-state index contributed by atoms with van der Waals surface area (Å²) in [6.07, 6.45) is 1.05. The first kappa shape index (κ1) is 10.7. The average molecular weight is 292 g/mol. The molecule has 72 valence electrons. The van der Waals surface area contributed by atoms with Gasteiger partial charge in [-0.15, -0.1) is 10.2 Å². The fraction of sp³-hybridized carbons (Fsp3) is 0.556. The van der Waals surface area contributed by atoms with Crippen LogP contribution >= 0.6 is 22.6 Å². The third-order valence-electron chi connectivity index (χ3n) is 1.55. The highest BCUT2D eigenvalue weighted by molar-refractivity contribution is 14.1. The van der Waals surface area contributed by atoms with Gasteiger partial charge in [-0.1, -0.05) is 13.8 Å². The van der Waals surface area contributed by atoms with Crippen molar-refractivity contribution in [1.82, 2.24) is 10.2 Å². The maximum Gasteiger partial charge on any atom is 0.233 e. The fourth-order valence-electron chi connectivity index (χ4n) is 0.780. The molecule has 0 saturated carbocycles. The standard InChI is InChI=1S/C9H13IN2O/c1-7(2)5-6-13-9-4-3-8(10)11-12-9/h3-4,7H,5-6H2,1-2H3. The number of hydrogen-bond acceptors (Lipinski definition) is 3. The lowest BCUT2D eigenvalue weighted by Crippen LogP contribution is -2.03. The normalized spacial score (nSPS) is 10.5. The molecule has 13 heavy (non-hydrogen) atoms. The van der Waals surface area contributed by atoms with Gasteiger partial charge < -0.3 is 4.74 Å². The van der Waals surface area contributed by atoms with E-state index in [-0.39, 0.29) is 0 Å². The molecular weight excluding hydrogens is 279 g/mol. The molecule has 1 heterocycles. The van der Waals surface area contributed by atoms with E-state index in [2.05, 4.69) is 46.6 Å². The molecule has 0 aliphatic rings. The van der Waals surface area contributed by atoms with E-state index in [0.29, 0.717) is 18.4 Å². The molecule has 0 atom stereocenters. The first-order chi connectivity index (χ1) is 6.18. The summed E-state index contributed by atoms with van der Waals surface area (Å²) in [7, 11) is 0. The van der Waals surface area contributed by atoms with Gasteiger partial charge in [-0.2, -0.15) is 0 Å². The summed E-state index contributed by atoms with van der Waals surface area (Å²) in [5, 5.41) is 7.78. The van der Waals surface area contributed by atoms with Crippen molar-refractivity contribution >= 4 is 22.6 Å². The predicted octanol–water partition coefficient (Wildman–Crippen LogP) is 2.51. The van der Waals surface area contributed by atoms with Crippen LogP contribution in [0.2, 0.25) is 0 Å². The molecule has 3 nitrogen and oxygen atoms in total. The van der Waals surface area contributed by atoms with Crippen LogP contribution < -0.4 is 4.74 Å². The Bertz CT molecular complexity index is 248. The average Bonchev–Trinajstić information content (AvgIpc) is 2.08. The molecule has 4 heteroatoms. The molecule has 0 aliphatic carbocycles. The third kappa shape index (κ3) is 4.40. The number of nitrogens with zero attached hydrogens (tertiary/aromatic N) is 2. The van der Waals surface area contributed by atoms with Crippen molar-refractivity contribution in [2.24, 2.45) is 5.92 Å². The van der Waals surface area contributed by atoms with E-state index < -0.39 is 0 Å². The van der Waals surface area contributed by atoms with E-state index in [0.717, 1.165) is 10.1 Å². The van der Waals surface area contributed by atoms with Gasteiger partial charge in [0.15, 0.2) is 0 Å². The predicted molar refractivity (Wildman–Crippen MR) is 59.7 cm³/mol. The van der Waals surface area contributed by atoms with E-state index in [1.807, 2.05) is 12.1 Å². The van der Waals surface area contributed by atoms with Crippen LogP contribution in [-0.2, 0) is 0 Å². The molecule has 0 N–H and O–H groups in total. The van der Waals surface area contributed by atoms with Gasteiger partial charge in [-0.3, -0.25) is 0 Å². The number of aromatic nitrogens is 2. The Balaban J connectivity index is 2.33. The van der Waals surface area contributed by atoms with Gasteiger partial charge in [-0.05, 0) is 41.0 Å². The highest BCUT2D eigenvalue weighted by Crippen LogP contribution is 2.07. The zero-order valence-electron chi connectivity index (χ0n) is 7.83. The van der Waals surface area contributed by atoms with E-state index in [1.165, 1.54) is 0 Å². The SMILES string of the molecule is CC(C)CCOc1ccc(I)nn1. The van der Waals surface area contributed by atoms with Gasteiger partial charge in [0.1, 0.15) is 3.70 Å². The van der Waals surface area contributed by atoms with Crippen LogP contribution in [0, 0.1) is 9.62 Å². The smallest absolute Gasteiger partial charge is 0.233 e. The molecule has 0 fully saturated rings. The molecule has 0 bridgehead atoms. The van der Waals surface area contributed by atoms with Crippen molar-refractivity contribution in [3.8, 4) is 5.88 Å². The van der Waals surface area contributed by atoms with Crippen molar-refractivity contribution in [1.29, 1.82) is 0 Å². The van der Waals surface area contributed by atoms with Crippen LogP contribution in [0.1, 0.15) is 20.3 Å². The number of halogens is 1. The second-order valence-electron chi connectivity index (χ2n) is 3.23. The summed E-state index contributed by atoms with van der Waals surface area (Å²) < 4.78 is 6.28. The maximum atomic E-state index is 5.39. The van der Waals surface area contributed by atoms with Crippen LogP contribution in [0.5, 0.6) is 5.88 Å². The Morgan fingerprint density at radius 2 is 2.15 bits per heavy atom. The van der Waals surface area contributed by atoms with E-state index in [4.69, 9.17) is 4.74 Å². The first-order valence-electron chi connectivity index (χ1n) is 4.30. The molecule has 0 radical (unpaired) electrons. The van der Waals surface area contributed by atoms with Crippen LogP contribution in [0.4, 0.5) is 0 Å². The first-order valence-corrected chi connectivity index (χ1v) is 5.38. The van der Waals surface area contributed by atoms with Crippen LogP contribution in [-0.4, -0.2) is 16.8 Å². The summed E-state index contributed by atoms with van der Waals surface area (Å²) in [5.74, 6) is 1.28. The molecule has 0 aromatic carbocycles. The lowest BCUT2D eigenvalue weighted by Gasteiger charge is -2.05. The lowest BCUT2D eigenvalue weighted by molar-refractivity contribution is 0.276. The second kappa shape index (κ2) is 5.36. The molecule has 1 rings (SSSR count). The summed E-state index contributed by atoms with van der Waals surface area (Å²) in [6.45, 7) is 5.05. The van der Waals surface area contributed by atoms with Crippen molar-refractivity contribution in [3.63, 3.8) is 0 Å². The Kier molecular flexibility index (Phi) is 4.41. The van der Waals surface area contributed by atoms with Gasteiger partial charge in [-0.25, -0.2) is 0 Å². The monoisotopic (exact) mass is 292 g/mol. The van der Waals surface area contributed by atoms with Gasteiger partial charge in [0.2, 0.25) is 5.88 Å². The van der Waals surface area contributed by atoms with Crippen molar-refractivity contribution in [3.05, 3.63) is 15.8 Å². The van der Waals surface area contributed by atoms with Crippen LogP contribution in [0.15, 0.2) is 12.1 Å². The van der Waals surface area contributed by atoms with Crippen molar-refractivity contribution < 1.29 is 4.74 Å². The largest absolute Gasteiger partial charge is 0.477 e. The molecule has 0 aliphatic heterocycles. The number of hydrogen-bond donors (Lipinski definition) is 0. The minimum atomic E-state index is 0.612. The zero-order chi connectivity index (χ0) is 9.68. The van der Waals surface area contributed by atoms with Gasteiger partial charge in [0, 0.05) is 6.07 Å². The topological polar surface area (TPSA) is 35.0 Å². The van der Waals surface area contributed by atoms with Crippen LogP contribution in [0.3, 0.4) is 0 Å².